The summed E-state index contributed by atoms with van der Waals surface area (Å²) >= 11 is 0. The molecule has 2 unspecified atom stereocenters. The third kappa shape index (κ3) is 68.4. The summed E-state index contributed by atoms with van der Waals surface area (Å²) in [6.07, 6.45) is 52.9. The molecule has 0 aromatic carbocycles. The highest BCUT2D eigenvalue weighted by Crippen LogP contribution is 2.45. The van der Waals surface area contributed by atoms with Crippen molar-refractivity contribution in [3.8, 4) is 0 Å². The Morgan fingerprint density at radius 1 is 0.290 bits per heavy atom. The van der Waals surface area contributed by atoms with Gasteiger partial charge < -0.3 is 33.8 Å². The van der Waals surface area contributed by atoms with Gasteiger partial charge in [-0.15, -0.1) is 0 Å². The molecule has 0 aliphatic carbocycles. The summed E-state index contributed by atoms with van der Waals surface area (Å²) in [6.45, 7) is 9.48. The highest BCUT2D eigenvalue weighted by atomic mass is 31.2. The number of carbonyl (C=O) groups excluding carboxylic acids is 4. The molecule has 93 heavy (non-hydrogen) atoms. The molecule has 0 aliphatic heterocycles. The lowest BCUT2D eigenvalue weighted by molar-refractivity contribution is -0.161. The molecule has 0 aromatic rings. The number of esters is 4. The first kappa shape index (κ1) is 91.1. The van der Waals surface area contributed by atoms with E-state index in [1.165, 1.54) is 193 Å². The lowest BCUT2D eigenvalue weighted by atomic mass is 10.0. The molecule has 5 atom stereocenters. The van der Waals surface area contributed by atoms with Gasteiger partial charge in [-0.3, -0.25) is 37.3 Å². The highest BCUT2D eigenvalue weighted by molar-refractivity contribution is 7.47. The van der Waals surface area contributed by atoms with Crippen LogP contribution in [0.2, 0.25) is 0 Å². The van der Waals surface area contributed by atoms with Crippen LogP contribution >= 0.6 is 15.6 Å². The Labute approximate surface area is 568 Å². The van der Waals surface area contributed by atoms with Crippen LogP contribution in [0.4, 0.5) is 0 Å². The average Bonchev–Trinajstić information content (AvgIpc) is 2.16. The van der Waals surface area contributed by atoms with Crippen molar-refractivity contribution in [2.24, 2.45) is 11.8 Å². The van der Waals surface area contributed by atoms with Crippen LogP contribution in [0.25, 0.3) is 0 Å². The molecule has 0 saturated heterocycles. The van der Waals surface area contributed by atoms with E-state index in [0.717, 1.165) is 102 Å². The minimum Gasteiger partial charge on any atom is -0.462 e. The van der Waals surface area contributed by atoms with Gasteiger partial charge in [0.2, 0.25) is 0 Å². The van der Waals surface area contributed by atoms with Crippen LogP contribution in [0.5, 0.6) is 0 Å². The highest BCUT2D eigenvalue weighted by Gasteiger charge is 2.30. The first-order valence-electron chi connectivity index (χ1n) is 38.5. The number of unbranched alkanes of at least 4 members (excludes halogenated alkanes) is 43. The normalized spacial score (nSPS) is 14.1. The van der Waals surface area contributed by atoms with Crippen LogP contribution in [-0.2, 0) is 65.4 Å². The number of rotatable bonds is 73. The summed E-state index contributed by atoms with van der Waals surface area (Å²) < 4.78 is 68.4. The van der Waals surface area contributed by atoms with Crippen molar-refractivity contribution < 1.29 is 80.2 Å². The Kier molecular flexibility index (Phi) is 64.6. The molecule has 0 heterocycles. The third-order valence-electron chi connectivity index (χ3n) is 17.2. The molecular formula is C74H144O17P2. The number of aliphatic hydroxyl groups excluding tert-OH is 1. The van der Waals surface area contributed by atoms with Crippen molar-refractivity contribution in [1.29, 1.82) is 0 Å². The first-order chi connectivity index (χ1) is 44.9. The van der Waals surface area contributed by atoms with Crippen LogP contribution < -0.4 is 0 Å². The Morgan fingerprint density at radius 2 is 0.495 bits per heavy atom. The fraction of sp³-hybridized carbons (Fsp3) is 0.946. The standard InChI is InChI=1S/C74H144O17P2/c1-7-9-11-13-15-17-19-21-23-24-25-26-28-30-34-38-46-52-58-73(78)90-69(62-84-71(76)56-50-44-37-33-29-27-22-20-18-16-14-12-10-8-2)64-88-92(80,81)86-60-68(75)61-87-93(82,83)89-65-70(63-85-72(77)57-51-45-41-40-43-49-55-67(5)6)91-74(79)59-53-47-39-35-31-32-36-42-48-54-66(3)4/h66-70,75H,7-65H2,1-6H3,(H,80,81)(H,82,83)/t68-,69-,70-/m1/s1. The maximum Gasteiger partial charge on any atom is 0.472 e. The summed E-state index contributed by atoms with van der Waals surface area (Å²) in [7, 11) is -9.91. The van der Waals surface area contributed by atoms with Crippen LogP contribution in [0.15, 0.2) is 0 Å². The molecule has 0 aromatic heterocycles. The van der Waals surface area contributed by atoms with Crippen LogP contribution in [-0.4, -0.2) is 96.7 Å². The van der Waals surface area contributed by atoms with Gasteiger partial charge >= 0.3 is 39.5 Å². The third-order valence-corrected chi connectivity index (χ3v) is 19.1. The average molecular weight is 1370 g/mol. The van der Waals surface area contributed by atoms with Gasteiger partial charge in [0.25, 0.3) is 0 Å². The zero-order valence-corrected chi connectivity index (χ0v) is 62.3. The van der Waals surface area contributed by atoms with E-state index in [4.69, 9.17) is 37.0 Å². The molecule has 0 bridgehead atoms. The minimum absolute atomic E-state index is 0.104. The maximum atomic E-state index is 13.1. The molecule has 0 rings (SSSR count). The summed E-state index contributed by atoms with van der Waals surface area (Å²) in [6, 6.07) is 0. The quantitative estimate of drug-likeness (QED) is 0.0222. The predicted molar refractivity (Wildman–Crippen MR) is 377 cm³/mol. The number of phosphoric ester groups is 2. The molecule has 0 aliphatic rings. The second-order valence-electron chi connectivity index (χ2n) is 27.6. The van der Waals surface area contributed by atoms with E-state index < -0.39 is 97.5 Å². The van der Waals surface area contributed by atoms with E-state index in [1.807, 2.05) is 0 Å². The monoisotopic (exact) mass is 1370 g/mol. The van der Waals surface area contributed by atoms with Gasteiger partial charge in [0, 0.05) is 25.7 Å². The lowest BCUT2D eigenvalue weighted by Gasteiger charge is -2.21. The maximum absolute atomic E-state index is 13.1. The van der Waals surface area contributed by atoms with E-state index in [9.17, 15) is 43.2 Å². The molecule has 0 saturated carbocycles. The zero-order valence-electron chi connectivity index (χ0n) is 60.6. The molecular weight excluding hydrogens is 1220 g/mol. The number of hydrogen-bond acceptors (Lipinski definition) is 15. The number of phosphoric acid groups is 2. The van der Waals surface area contributed by atoms with Crippen molar-refractivity contribution in [2.45, 2.75) is 400 Å². The van der Waals surface area contributed by atoms with Crippen molar-refractivity contribution in [3.63, 3.8) is 0 Å². The number of carbonyl (C=O) groups is 4. The molecule has 552 valence electrons. The van der Waals surface area contributed by atoms with Gasteiger partial charge in [0.05, 0.1) is 26.4 Å². The van der Waals surface area contributed by atoms with Gasteiger partial charge in [-0.25, -0.2) is 9.13 Å². The second-order valence-corrected chi connectivity index (χ2v) is 30.5. The van der Waals surface area contributed by atoms with Crippen LogP contribution in [0.1, 0.15) is 382 Å². The van der Waals surface area contributed by atoms with E-state index in [2.05, 4.69) is 41.5 Å². The number of aliphatic hydroxyl groups is 1. The smallest absolute Gasteiger partial charge is 0.462 e. The summed E-state index contributed by atoms with van der Waals surface area (Å²) in [5.74, 6) is -0.704. The van der Waals surface area contributed by atoms with E-state index in [1.54, 1.807) is 0 Å². The number of ether oxygens (including phenoxy) is 4. The van der Waals surface area contributed by atoms with Crippen molar-refractivity contribution in [3.05, 3.63) is 0 Å². The van der Waals surface area contributed by atoms with Gasteiger partial charge in [-0.1, -0.05) is 330 Å². The molecule has 0 fully saturated rings. The van der Waals surface area contributed by atoms with E-state index >= 15 is 0 Å². The summed E-state index contributed by atoms with van der Waals surface area (Å²) in [5.41, 5.74) is 0. The van der Waals surface area contributed by atoms with Crippen molar-refractivity contribution >= 4 is 39.5 Å². The molecule has 0 spiro atoms. The van der Waals surface area contributed by atoms with E-state index in [0.29, 0.717) is 31.6 Å². The van der Waals surface area contributed by atoms with Gasteiger partial charge in [-0.05, 0) is 37.5 Å². The lowest BCUT2D eigenvalue weighted by Crippen LogP contribution is -2.30. The van der Waals surface area contributed by atoms with Gasteiger partial charge in [-0.2, -0.15) is 0 Å². The fourth-order valence-electron chi connectivity index (χ4n) is 11.3. The van der Waals surface area contributed by atoms with E-state index in [-0.39, 0.29) is 25.7 Å². The van der Waals surface area contributed by atoms with Crippen molar-refractivity contribution in [2.75, 3.05) is 39.6 Å². The SMILES string of the molecule is CCCCCCCCCCCCCCCCCCCCC(=O)O[C@H](COC(=O)CCCCCCCCCCCCCCCC)COP(=O)(O)OC[C@@H](O)COP(=O)(O)OC[C@@H](COC(=O)CCCCCCCCC(C)C)OC(=O)CCCCCCCCCCCC(C)C. The van der Waals surface area contributed by atoms with Crippen LogP contribution in [0.3, 0.4) is 0 Å². The second kappa shape index (κ2) is 66.0. The molecule has 0 radical (unpaired) electrons. The van der Waals surface area contributed by atoms with Gasteiger partial charge in [0.1, 0.15) is 19.3 Å². The number of hydrogen-bond donors (Lipinski definition) is 3. The fourth-order valence-corrected chi connectivity index (χ4v) is 12.9. The van der Waals surface area contributed by atoms with Crippen molar-refractivity contribution in [1.82, 2.24) is 0 Å². The minimum atomic E-state index is -4.96. The Morgan fingerprint density at radius 3 is 0.731 bits per heavy atom. The Hall–Kier alpha value is -1.94. The Balaban J connectivity index is 5.23. The molecule has 17 nitrogen and oxygen atoms in total. The topological polar surface area (TPSA) is 237 Å². The predicted octanol–water partition coefficient (Wildman–Crippen LogP) is 21.6. The van der Waals surface area contributed by atoms with Gasteiger partial charge in [0.15, 0.2) is 12.2 Å². The first-order valence-corrected chi connectivity index (χ1v) is 41.5. The Bertz CT molecular complexity index is 1800. The summed E-state index contributed by atoms with van der Waals surface area (Å²) in [5, 5.41) is 10.6. The molecule has 3 N–H and O–H groups in total. The van der Waals surface area contributed by atoms with Crippen LogP contribution in [0, 0.1) is 11.8 Å². The zero-order chi connectivity index (χ0) is 68.6. The summed E-state index contributed by atoms with van der Waals surface area (Å²) in [4.78, 5) is 72.7. The molecule has 19 heteroatoms. The largest absolute Gasteiger partial charge is 0.472 e. The molecule has 0 amide bonds.